The van der Waals surface area contributed by atoms with Crippen molar-refractivity contribution in [3.8, 4) is 0 Å². The van der Waals surface area contributed by atoms with Crippen LogP contribution in [0.25, 0.3) is 5.57 Å². The van der Waals surface area contributed by atoms with Crippen LogP contribution in [-0.2, 0) is 18.2 Å². The van der Waals surface area contributed by atoms with Crippen LogP contribution in [0.4, 0.5) is 4.79 Å². The number of imidazole rings is 1. The van der Waals surface area contributed by atoms with Crippen LogP contribution in [0, 0.1) is 0 Å². The number of aliphatic hydroxyl groups is 1. The number of benzene rings is 1. The second kappa shape index (κ2) is 15.4. The SMILES string of the molecule is CC.CN1CCN(C(=O)OC(C)(C)C)CC1.Cn1cncc1C(CCO)C1=CC2=CC=CNC2Cc2ccc(Cl)cc21. The van der Waals surface area contributed by atoms with Crippen molar-refractivity contribution >= 4 is 23.3 Å². The Kier molecular flexibility index (Phi) is 12.3. The molecule has 0 saturated carbocycles. The molecule has 5 rings (SSSR count). The zero-order valence-corrected chi connectivity index (χ0v) is 27.0. The van der Waals surface area contributed by atoms with Crippen molar-refractivity contribution in [1.82, 2.24) is 24.7 Å². The number of amides is 1. The molecule has 3 aliphatic rings. The molecule has 9 heteroatoms. The molecule has 2 N–H and O–H groups in total. The number of nitrogens with one attached hydrogen (secondary N) is 1. The van der Waals surface area contributed by atoms with Crippen molar-refractivity contribution in [2.45, 2.75) is 65.0 Å². The van der Waals surface area contributed by atoms with E-state index >= 15 is 0 Å². The Hall–Kier alpha value is -3.07. The predicted octanol–water partition coefficient (Wildman–Crippen LogP) is 5.79. The lowest BCUT2D eigenvalue weighted by Crippen LogP contribution is -2.48. The summed E-state index contributed by atoms with van der Waals surface area (Å²) in [4.78, 5) is 19.9. The molecule has 230 valence electrons. The Labute approximate surface area is 256 Å². The van der Waals surface area contributed by atoms with Crippen molar-refractivity contribution in [3.63, 3.8) is 0 Å². The van der Waals surface area contributed by atoms with Gasteiger partial charge in [0.05, 0.1) is 12.4 Å². The van der Waals surface area contributed by atoms with E-state index < -0.39 is 0 Å². The van der Waals surface area contributed by atoms with E-state index in [1.165, 1.54) is 16.7 Å². The van der Waals surface area contributed by atoms with Crippen LogP contribution in [-0.4, -0.2) is 82.0 Å². The first-order chi connectivity index (χ1) is 20.1. The molecule has 1 aromatic heterocycles. The Morgan fingerprint density at radius 1 is 1.19 bits per heavy atom. The largest absolute Gasteiger partial charge is 0.444 e. The third kappa shape index (κ3) is 8.96. The summed E-state index contributed by atoms with van der Waals surface area (Å²) in [5.74, 6) is 0.0512. The number of rotatable bonds is 4. The minimum absolute atomic E-state index is 0.0512. The van der Waals surface area contributed by atoms with Crippen LogP contribution in [0.1, 0.15) is 63.8 Å². The standard InChI is InChI=1S/C21H22ClN3O.C10H20N2O2.C2H6/c1-25-13-23-12-21(25)17(6-8-26)19-9-15-3-2-7-24-20(15)10-14-4-5-16(22)11-18(14)19;1-10(2,3)14-9(13)12-7-5-11(4)6-8-12;1-2/h2-5,7,9,11-13,17,20,24,26H,6,8,10H2,1H3;5-8H2,1-4H3;1-2H3. The van der Waals surface area contributed by atoms with Gasteiger partial charge in [-0.3, -0.25) is 0 Å². The van der Waals surface area contributed by atoms with Crippen LogP contribution >= 0.6 is 11.6 Å². The van der Waals surface area contributed by atoms with E-state index in [1.807, 2.05) is 77.1 Å². The number of likely N-dealkylation sites (N-methyl/N-ethyl adjacent to an activating group) is 1. The van der Waals surface area contributed by atoms with Crippen LogP contribution in [0.2, 0.25) is 5.02 Å². The van der Waals surface area contributed by atoms with E-state index in [0.717, 1.165) is 48.9 Å². The first-order valence-corrected chi connectivity index (χ1v) is 15.3. The van der Waals surface area contributed by atoms with E-state index in [9.17, 15) is 9.90 Å². The molecule has 1 aliphatic carbocycles. The van der Waals surface area contributed by atoms with E-state index in [2.05, 4.69) is 46.5 Å². The molecule has 2 unspecified atom stereocenters. The van der Waals surface area contributed by atoms with Gasteiger partial charge in [0, 0.05) is 62.7 Å². The van der Waals surface area contributed by atoms with Crippen molar-refractivity contribution < 1.29 is 14.6 Å². The van der Waals surface area contributed by atoms with Crippen molar-refractivity contribution in [3.05, 3.63) is 82.6 Å². The molecule has 1 fully saturated rings. The number of carbonyl (C=O) groups excluding carboxylic acids is 1. The van der Waals surface area contributed by atoms with Crippen LogP contribution in [0.3, 0.4) is 0 Å². The third-order valence-corrected chi connectivity index (χ3v) is 7.61. The molecule has 42 heavy (non-hydrogen) atoms. The summed E-state index contributed by atoms with van der Waals surface area (Å²) >= 11 is 6.35. The number of hydrogen-bond donors (Lipinski definition) is 2. The Balaban J connectivity index is 0.000000257. The molecule has 2 atom stereocenters. The summed E-state index contributed by atoms with van der Waals surface area (Å²) in [6.45, 7) is 13.2. The number of hydrogen-bond acceptors (Lipinski definition) is 6. The smallest absolute Gasteiger partial charge is 0.410 e. The minimum Gasteiger partial charge on any atom is -0.444 e. The molecule has 2 aliphatic heterocycles. The molecule has 1 aromatic carbocycles. The van der Waals surface area contributed by atoms with Gasteiger partial charge in [0.2, 0.25) is 0 Å². The monoisotopic (exact) mass is 597 g/mol. The molecule has 0 bridgehead atoms. The van der Waals surface area contributed by atoms with Crippen LogP contribution in [0.15, 0.2) is 60.7 Å². The van der Waals surface area contributed by atoms with E-state index in [0.29, 0.717) is 6.42 Å². The molecule has 0 spiro atoms. The molecular formula is C33H48ClN5O3. The van der Waals surface area contributed by atoms with Gasteiger partial charge in [-0.25, -0.2) is 9.78 Å². The quantitative estimate of drug-likeness (QED) is 0.464. The molecule has 1 amide bonds. The number of piperazine rings is 1. The van der Waals surface area contributed by atoms with Crippen molar-refractivity contribution in [2.75, 3.05) is 39.8 Å². The highest BCUT2D eigenvalue weighted by atomic mass is 35.5. The lowest BCUT2D eigenvalue weighted by Gasteiger charge is -2.33. The number of aryl methyl sites for hydroxylation is 1. The molecule has 8 nitrogen and oxygen atoms in total. The fourth-order valence-electron chi connectivity index (χ4n) is 5.24. The highest BCUT2D eigenvalue weighted by Gasteiger charge is 2.28. The van der Waals surface area contributed by atoms with Gasteiger partial charge in [-0.2, -0.15) is 0 Å². The van der Waals surface area contributed by atoms with Crippen molar-refractivity contribution in [1.29, 1.82) is 0 Å². The summed E-state index contributed by atoms with van der Waals surface area (Å²) in [5, 5.41) is 13.9. The number of aliphatic hydroxyl groups excluding tert-OH is 1. The lowest BCUT2D eigenvalue weighted by atomic mass is 9.85. The molecule has 0 radical (unpaired) electrons. The molecule has 1 saturated heterocycles. The maximum Gasteiger partial charge on any atom is 0.410 e. The average Bonchev–Trinajstić information content (AvgIpc) is 3.31. The summed E-state index contributed by atoms with van der Waals surface area (Å²) in [7, 11) is 4.06. The van der Waals surface area contributed by atoms with Gasteiger partial charge in [0.25, 0.3) is 0 Å². The van der Waals surface area contributed by atoms with Crippen LogP contribution in [0.5, 0.6) is 0 Å². The number of halogens is 1. The lowest BCUT2D eigenvalue weighted by molar-refractivity contribution is 0.0164. The number of allylic oxidation sites excluding steroid dienone is 3. The summed E-state index contributed by atoms with van der Waals surface area (Å²) in [6, 6.07) is 6.37. The van der Waals surface area contributed by atoms with Gasteiger partial charge in [0.15, 0.2) is 0 Å². The fourth-order valence-corrected chi connectivity index (χ4v) is 5.41. The van der Waals surface area contributed by atoms with Crippen LogP contribution < -0.4 is 5.32 Å². The van der Waals surface area contributed by atoms with Gasteiger partial charge >= 0.3 is 6.09 Å². The second-order valence-corrected chi connectivity index (χ2v) is 12.1. The van der Waals surface area contributed by atoms with Gasteiger partial charge < -0.3 is 29.5 Å². The Morgan fingerprint density at radius 3 is 2.52 bits per heavy atom. The number of ether oxygens (including phenoxy) is 1. The normalized spacial score (nSPS) is 18.8. The molecular weight excluding hydrogens is 550 g/mol. The van der Waals surface area contributed by atoms with E-state index in [-0.39, 0.29) is 30.3 Å². The molecule has 3 heterocycles. The Morgan fingerprint density at radius 2 is 1.90 bits per heavy atom. The van der Waals surface area contributed by atoms with Crippen molar-refractivity contribution in [2.24, 2.45) is 7.05 Å². The summed E-state index contributed by atoms with van der Waals surface area (Å²) in [5.41, 5.74) is 5.57. The van der Waals surface area contributed by atoms with E-state index in [1.54, 1.807) is 4.90 Å². The van der Waals surface area contributed by atoms with Gasteiger partial charge in [0.1, 0.15) is 5.60 Å². The Bertz CT molecular complexity index is 1270. The first-order valence-electron chi connectivity index (χ1n) is 14.9. The second-order valence-electron chi connectivity index (χ2n) is 11.6. The predicted molar refractivity (Wildman–Crippen MR) is 172 cm³/mol. The average molecular weight is 598 g/mol. The minimum atomic E-state index is -0.388. The highest BCUT2D eigenvalue weighted by molar-refractivity contribution is 6.30. The van der Waals surface area contributed by atoms with Gasteiger partial charge in [-0.05, 0) is 87.3 Å². The number of carbonyl (C=O) groups is 1. The number of dihydropyridines is 1. The topological polar surface area (TPSA) is 82.9 Å². The number of nitrogens with zero attached hydrogens (tertiary/aromatic N) is 4. The summed E-state index contributed by atoms with van der Waals surface area (Å²) in [6.07, 6.45) is 13.5. The van der Waals surface area contributed by atoms with Gasteiger partial charge in [-0.15, -0.1) is 0 Å². The molecule has 2 aromatic rings. The maximum atomic E-state index is 11.6. The number of aromatic nitrogens is 2. The van der Waals surface area contributed by atoms with Gasteiger partial charge in [-0.1, -0.05) is 43.7 Å². The summed E-state index contributed by atoms with van der Waals surface area (Å²) < 4.78 is 7.31. The third-order valence-electron chi connectivity index (χ3n) is 7.37. The first kappa shape index (κ1) is 33.4. The number of fused-ring (bicyclic) bond motifs is 2. The zero-order valence-electron chi connectivity index (χ0n) is 26.2. The van der Waals surface area contributed by atoms with E-state index in [4.69, 9.17) is 16.3 Å². The highest BCUT2D eigenvalue weighted by Crippen LogP contribution is 2.41. The zero-order chi connectivity index (χ0) is 30.9. The maximum absolute atomic E-state index is 11.6. The fraction of sp³-hybridized carbons (Fsp3) is 0.515.